The molecule has 2 N–H and O–H groups in total. The van der Waals surface area contributed by atoms with Crippen LogP contribution in [-0.4, -0.2) is 49.1 Å². The van der Waals surface area contributed by atoms with Gasteiger partial charge in [0.15, 0.2) is 0 Å². The Morgan fingerprint density at radius 1 is 1.26 bits per heavy atom. The molecule has 0 amide bonds. The van der Waals surface area contributed by atoms with Crippen molar-refractivity contribution in [3.05, 3.63) is 0 Å². The van der Waals surface area contributed by atoms with Crippen LogP contribution in [-0.2, 0) is 10.0 Å². The van der Waals surface area contributed by atoms with E-state index in [9.17, 15) is 8.42 Å². The minimum Gasteiger partial charge on any atom is -0.329 e. The molecule has 0 saturated carbocycles. The Balaban J connectivity index is 2.59. The molecule has 1 rings (SSSR count). The molecule has 0 spiro atoms. The standard InChI is InChI=1S/C13H28N2O2S2/c1-12(2,3)7-10-19(16,17)15-8-5-13(11-14,18-4)6-9-15/h5-11,14H2,1-4H3. The monoisotopic (exact) mass is 308 g/mol. The first kappa shape index (κ1) is 17.3. The highest BCUT2D eigenvalue weighted by Gasteiger charge is 2.36. The maximum Gasteiger partial charge on any atom is 0.214 e. The molecule has 1 fully saturated rings. The van der Waals surface area contributed by atoms with E-state index in [1.54, 1.807) is 16.1 Å². The largest absolute Gasteiger partial charge is 0.329 e. The first-order chi connectivity index (χ1) is 8.64. The lowest BCUT2D eigenvalue weighted by Gasteiger charge is -2.39. The minimum absolute atomic E-state index is 0.0587. The smallest absolute Gasteiger partial charge is 0.214 e. The number of rotatable bonds is 5. The summed E-state index contributed by atoms with van der Waals surface area (Å²) in [6, 6.07) is 0. The van der Waals surface area contributed by atoms with Gasteiger partial charge in [0.25, 0.3) is 0 Å². The van der Waals surface area contributed by atoms with E-state index in [2.05, 4.69) is 27.0 Å². The molecule has 0 aromatic rings. The summed E-state index contributed by atoms with van der Waals surface area (Å²) in [4.78, 5) is 0. The van der Waals surface area contributed by atoms with Crippen molar-refractivity contribution in [3.8, 4) is 0 Å². The third-order valence-electron chi connectivity index (χ3n) is 3.94. The Morgan fingerprint density at radius 3 is 2.16 bits per heavy atom. The van der Waals surface area contributed by atoms with E-state index < -0.39 is 10.0 Å². The lowest BCUT2D eigenvalue weighted by Crippen LogP contribution is -2.49. The van der Waals surface area contributed by atoms with Crippen LogP contribution in [0.25, 0.3) is 0 Å². The highest BCUT2D eigenvalue weighted by atomic mass is 32.2. The second kappa shape index (κ2) is 6.33. The molecule has 1 aliphatic heterocycles. The van der Waals surface area contributed by atoms with Crippen LogP contribution < -0.4 is 5.73 Å². The van der Waals surface area contributed by atoms with Gasteiger partial charge in [-0.05, 0) is 30.9 Å². The van der Waals surface area contributed by atoms with Crippen molar-refractivity contribution >= 4 is 21.8 Å². The average molecular weight is 309 g/mol. The molecule has 0 aromatic heterocycles. The molecule has 0 radical (unpaired) electrons. The lowest BCUT2D eigenvalue weighted by atomic mass is 9.94. The Bertz CT molecular complexity index is 374. The third-order valence-corrected chi connectivity index (χ3v) is 7.25. The highest BCUT2D eigenvalue weighted by molar-refractivity contribution is 8.00. The van der Waals surface area contributed by atoms with Crippen molar-refractivity contribution in [2.24, 2.45) is 11.1 Å². The maximum atomic E-state index is 12.3. The van der Waals surface area contributed by atoms with Crippen LogP contribution in [0.15, 0.2) is 0 Å². The Kier molecular flexibility index (Phi) is 5.75. The fourth-order valence-corrected chi connectivity index (χ4v) is 4.85. The SMILES string of the molecule is CSC1(CN)CCN(S(=O)(=O)CCC(C)(C)C)CC1. The van der Waals surface area contributed by atoms with E-state index in [4.69, 9.17) is 5.73 Å². The Hall–Kier alpha value is 0.220. The Morgan fingerprint density at radius 2 is 1.79 bits per heavy atom. The van der Waals surface area contributed by atoms with E-state index in [1.165, 1.54) is 0 Å². The summed E-state index contributed by atoms with van der Waals surface area (Å²) >= 11 is 1.78. The first-order valence-corrected chi connectivity index (χ1v) is 9.71. The number of hydrogen-bond acceptors (Lipinski definition) is 4. The van der Waals surface area contributed by atoms with Crippen LogP contribution in [0.3, 0.4) is 0 Å². The van der Waals surface area contributed by atoms with Crippen LogP contribution in [0, 0.1) is 5.41 Å². The molecular weight excluding hydrogens is 280 g/mol. The molecule has 114 valence electrons. The van der Waals surface area contributed by atoms with Crippen molar-refractivity contribution in [1.29, 1.82) is 0 Å². The van der Waals surface area contributed by atoms with Crippen molar-refractivity contribution in [2.45, 2.75) is 44.8 Å². The minimum atomic E-state index is -3.10. The third kappa shape index (κ3) is 4.92. The summed E-state index contributed by atoms with van der Waals surface area (Å²) in [7, 11) is -3.10. The van der Waals surface area contributed by atoms with E-state index >= 15 is 0 Å². The number of nitrogens with two attached hydrogens (primary N) is 1. The molecule has 0 unspecified atom stereocenters. The van der Waals surface area contributed by atoms with Crippen molar-refractivity contribution in [2.75, 3.05) is 31.6 Å². The van der Waals surface area contributed by atoms with E-state index in [0.717, 1.165) is 12.8 Å². The fourth-order valence-electron chi connectivity index (χ4n) is 2.23. The molecule has 0 atom stereocenters. The summed E-state index contributed by atoms with van der Waals surface area (Å²) < 4.78 is 26.4. The topological polar surface area (TPSA) is 63.4 Å². The molecule has 0 aromatic carbocycles. The molecule has 4 nitrogen and oxygen atoms in total. The van der Waals surface area contributed by atoms with Gasteiger partial charge in [0.05, 0.1) is 5.75 Å². The van der Waals surface area contributed by atoms with Crippen molar-refractivity contribution < 1.29 is 8.42 Å². The zero-order valence-corrected chi connectivity index (χ0v) is 14.2. The quantitative estimate of drug-likeness (QED) is 0.842. The van der Waals surface area contributed by atoms with Crippen LogP contribution >= 0.6 is 11.8 Å². The number of sulfonamides is 1. The summed E-state index contributed by atoms with van der Waals surface area (Å²) in [6.45, 7) is 8.09. The number of piperidine rings is 1. The summed E-state index contributed by atoms with van der Waals surface area (Å²) in [5.74, 6) is 0.255. The molecule has 1 aliphatic rings. The van der Waals surface area contributed by atoms with Gasteiger partial charge in [0.2, 0.25) is 10.0 Å². The van der Waals surface area contributed by atoms with Crippen LogP contribution in [0.1, 0.15) is 40.0 Å². The van der Waals surface area contributed by atoms with Gasteiger partial charge < -0.3 is 5.73 Å². The van der Waals surface area contributed by atoms with Gasteiger partial charge in [0.1, 0.15) is 0 Å². The number of thioether (sulfide) groups is 1. The normalized spacial score (nSPS) is 21.5. The van der Waals surface area contributed by atoms with Gasteiger partial charge in [-0.25, -0.2) is 12.7 Å². The highest BCUT2D eigenvalue weighted by Crippen LogP contribution is 2.34. The Labute approximate surface area is 122 Å². The molecule has 19 heavy (non-hydrogen) atoms. The summed E-state index contributed by atoms with van der Waals surface area (Å²) in [5, 5.41) is 0. The van der Waals surface area contributed by atoms with Gasteiger partial charge in [-0.2, -0.15) is 11.8 Å². The molecule has 1 saturated heterocycles. The molecule has 1 heterocycles. The fraction of sp³-hybridized carbons (Fsp3) is 1.00. The predicted octanol–water partition coefficient (Wildman–Crippen LogP) is 1.91. The molecular formula is C13H28N2O2S2. The van der Waals surface area contributed by atoms with Crippen LogP contribution in [0.5, 0.6) is 0 Å². The van der Waals surface area contributed by atoms with E-state index in [1.807, 2.05) is 0 Å². The molecule has 0 aliphatic carbocycles. The zero-order chi connectivity index (χ0) is 14.7. The van der Waals surface area contributed by atoms with Gasteiger partial charge in [0, 0.05) is 24.4 Å². The van der Waals surface area contributed by atoms with Crippen molar-refractivity contribution in [3.63, 3.8) is 0 Å². The first-order valence-electron chi connectivity index (χ1n) is 6.87. The summed E-state index contributed by atoms with van der Waals surface area (Å²) in [6.07, 6.45) is 4.49. The number of hydrogen-bond donors (Lipinski definition) is 1. The van der Waals surface area contributed by atoms with Crippen molar-refractivity contribution in [1.82, 2.24) is 4.31 Å². The molecule has 0 bridgehead atoms. The maximum absolute atomic E-state index is 12.3. The average Bonchev–Trinajstić information content (AvgIpc) is 2.36. The second-order valence-corrected chi connectivity index (χ2v) is 9.98. The lowest BCUT2D eigenvalue weighted by molar-refractivity contribution is 0.298. The van der Waals surface area contributed by atoms with E-state index in [-0.39, 0.29) is 15.9 Å². The zero-order valence-electron chi connectivity index (χ0n) is 12.6. The second-order valence-electron chi connectivity index (χ2n) is 6.62. The predicted molar refractivity (Wildman–Crippen MR) is 84.0 cm³/mol. The van der Waals surface area contributed by atoms with E-state index in [0.29, 0.717) is 26.1 Å². The van der Waals surface area contributed by atoms with Gasteiger partial charge in [-0.15, -0.1) is 0 Å². The molecule has 6 heteroatoms. The van der Waals surface area contributed by atoms with Gasteiger partial charge >= 0.3 is 0 Å². The van der Waals surface area contributed by atoms with Gasteiger partial charge in [-0.1, -0.05) is 20.8 Å². The summed E-state index contributed by atoms with van der Waals surface area (Å²) in [5.41, 5.74) is 5.89. The van der Waals surface area contributed by atoms with Crippen LogP contribution in [0.2, 0.25) is 0 Å². The van der Waals surface area contributed by atoms with Crippen LogP contribution in [0.4, 0.5) is 0 Å². The number of nitrogens with zero attached hydrogens (tertiary/aromatic N) is 1. The van der Waals surface area contributed by atoms with Gasteiger partial charge in [-0.3, -0.25) is 0 Å².